The zero-order chi connectivity index (χ0) is 17.8. The first-order valence-corrected chi connectivity index (χ1v) is 8.93. The van der Waals surface area contributed by atoms with E-state index in [1.54, 1.807) is 17.0 Å². The van der Waals surface area contributed by atoms with Gasteiger partial charge in [-0.05, 0) is 37.0 Å². The van der Waals surface area contributed by atoms with Crippen molar-refractivity contribution in [1.82, 2.24) is 9.80 Å². The molecule has 6 nitrogen and oxygen atoms in total. The molecule has 3 rings (SSSR count). The lowest BCUT2D eigenvalue weighted by Gasteiger charge is -2.33. The summed E-state index contributed by atoms with van der Waals surface area (Å²) in [5.41, 5.74) is 1.36. The Bertz CT molecular complexity index is 656. The van der Waals surface area contributed by atoms with Gasteiger partial charge in [-0.1, -0.05) is 12.1 Å². The van der Waals surface area contributed by atoms with Crippen LogP contribution in [0.3, 0.4) is 0 Å². The number of carboxylic acid groups (broad SMARTS) is 1. The second-order valence-electron chi connectivity index (χ2n) is 6.84. The SMILES string of the molecule is O=C(O)c1ccc([C@H]2CCCN(C(=O)CCN3CCCC3=O)C2)cc1. The lowest BCUT2D eigenvalue weighted by atomic mass is 9.90. The van der Waals surface area contributed by atoms with Gasteiger partial charge in [-0.25, -0.2) is 4.79 Å². The van der Waals surface area contributed by atoms with Crippen molar-refractivity contribution >= 4 is 17.8 Å². The van der Waals surface area contributed by atoms with Crippen LogP contribution in [-0.4, -0.2) is 58.9 Å². The monoisotopic (exact) mass is 344 g/mol. The minimum atomic E-state index is -0.927. The van der Waals surface area contributed by atoms with Crippen LogP contribution in [0.5, 0.6) is 0 Å². The largest absolute Gasteiger partial charge is 0.478 e. The molecule has 2 saturated heterocycles. The molecule has 0 aliphatic carbocycles. The van der Waals surface area contributed by atoms with E-state index in [-0.39, 0.29) is 23.3 Å². The van der Waals surface area contributed by atoms with E-state index in [9.17, 15) is 14.4 Å². The Hall–Kier alpha value is -2.37. The average molecular weight is 344 g/mol. The summed E-state index contributed by atoms with van der Waals surface area (Å²) in [5.74, 6) is -0.424. The van der Waals surface area contributed by atoms with Gasteiger partial charge in [0.1, 0.15) is 0 Å². The summed E-state index contributed by atoms with van der Waals surface area (Å²) in [5, 5.41) is 8.99. The molecule has 2 fully saturated rings. The van der Waals surface area contributed by atoms with Crippen molar-refractivity contribution in [2.45, 2.75) is 38.0 Å². The van der Waals surface area contributed by atoms with Crippen molar-refractivity contribution in [2.24, 2.45) is 0 Å². The number of piperidine rings is 1. The highest BCUT2D eigenvalue weighted by Gasteiger charge is 2.26. The van der Waals surface area contributed by atoms with Gasteiger partial charge < -0.3 is 14.9 Å². The Kier molecular flexibility index (Phi) is 5.36. The molecule has 0 bridgehead atoms. The summed E-state index contributed by atoms with van der Waals surface area (Å²) in [6.07, 6.45) is 3.83. The second kappa shape index (κ2) is 7.68. The van der Waals surface area contributed by atoms with E-state index in [1.165, 1.54) is 0 Å². The van der Waals surface area contributed by atoms with E-state index >= 15 is 0 Å². The molecule has 6 heteroatoms. The molecule has 0 aromatic heterocycles. The van der Waals surface area contributed by atoms with Crippen molar-refractivity contribution < 1.29 is 19.5 Å². The number of hydrogen-bond acceptors (Lipinski definition) is 3. The molecule has 0 spiro atoms. The third-order valence-corrected chi connectivity index (χ3v) is 5.17. The predicted molar refractivity (Wildman–Crippen MR) is 92.4 cm³/mol. The van der Waals surface area contributed by atoms with Crippen LogP contribution in [0.4, 0.5) is 0 Å². The van der Waals surface area contributed by atoms with Crippen LogP contribution < -0.4 is 0 Å². The maximum absolute atomic E-state index is 12.5. The van der Waals surface area contributed by atoms with Crippen molar-refractivity contribution in [1.29, 1.82) is 0 Å². The van der Waals surface area contributed by atoms with Gasteiger partial charge >= 0.3 is 5.97 Å². The molecule has 2 aliphatic rings. The van der Waals surface area contributed by atoms with Crippen LogP contribution in [0.15, 0.2) is 24.3 Å². The van der Waals surface area contributed by atoms with E-state index in [0.717, 1.165) is 37.9 Å². The first kappa shape index (κ1) is 17.5. The van der Waals surface area contributed by atoms with Gasteiger partial charge in [-0.15, -0.1) is 0 Å². The highest BCUT2D eigenvalue weighted by atomic mass is 16.4. The molecule has 134 valence electrons. The summed E-state index contributed by atoms with van der Waals surface area (Å²) < 4.78 is 0. The summed E-state index contributed by atoms with van der Waals surface area (Å²) in [6.45, 7) is 2.71. The predicted octanol–water partition coefficient (Wildman–Crippen LogP) is 2.10. The minimum Gasteiger partial charge on any atom is -0.478 e. The molecule has 1 aromatic carbocycles. The Balaban J connectivity index is 1.55. The van der Waals surface area contributed by atoms with Crippen molar-refractivity contribution in [2.75, 3.05) is 26.2 Å². The van der Waals surface area contributed by atoms with E-state index in [4.69, 9.17) is 5.11 Å². The number of nitrogens with zero attached hydrogens (tertiary/aromatic N) is 2. The fraction of sp³-hybridized carbons (Fsp3) is 0.526. The van der Waals surface area contributed by atoms with E-state index in [1.807, 2.05) is 17.0 Å². The number of carboxylic acids is 1. The molecule has 1 atom stereocenters. The fourth-order valence-corrected chi connectivity index (χ4v) is 3.70. The number of amides is 2. The Morgan fingerprint density at radius 1 is 1.12 bits per heavy atom. The molecule has 1 aromatic rings. The molecular formula is C19H24N2O4. The average Bonchev–Trinajstić information content (AvgIpc) is 3.05. The fourth-order valence-electron chi connectivity index (χ4n) is 3.70. The highest BCUT2D eigenvalue weighted by molar-refractivity contribution is 5.87. The molecule has 25 heavy (non-hydrogen) atoms. The molecule has 2 heterocycles. The normalized spacial score (nSPS) is 20.8. The van der Waals surface area contributed by atoms with Crippen LogP contribution in [0.2, 0.25) is 0 Å². The number of likely N-dealkylation sites (tertiary alicyclic amines) is 2. The Labute approximate surface area is 147 Å². The summed E-state index contributed by atoms with van der Waals surface area (Å²) in [4.78, 5) is 38.8. The quantitative estimate of drug-likeness (QED) is 0.887. The molecule has 0 saturated carbocycles. The van der Waals surface area contributed by atoms with Gasteiger partial charge in [0.05, 0.1) is 5.56 Å². The number of carbonyl (C=O) groups is 3. The number of hydrogen-bond donors (Lipinski definition) is 1. The van der Waals surface area contributed by atoms with Crippen LogP contribution in [-0.2, 0) is 9.59 Å². The standard InChI is InChI=1S/C19H24N2O4/c22-17-4-2-10-20(17)12-9-18(23)21-11-1-3-16(13-21)14-5-7-15(8-6-14)19(24)25/h5-8,16H,1-4,9-13H2,(H,24,25)/t16-/m0/s1. The lowest BCUT2D eigenvalue weighted by molar-refractivity contribution is -0.133. The zero-order valence-corrected chi connectivity index (χ0v) is 14.3. The molecule has 2 aliphatic heterocycles. The maximum atomic E-state index is 12.5. The molecule has 0 unspecified atom stereocenters. The van der Waals surface area contributed by atoms with Crippen molar-refractivity contribution in [3.05, 3.63) is 35.4 Å². The summed E-state index contributed by atoms with van der Waals surface area (Å²) in [7, 11) is 0. The molecular weight excluding hydrogens is 320 g/mol. The third-order valence-electron chi connectivity index (χ3n) is 5.17. The van der Waals surface area contributed by atoms with Gasteiger partial charge in [0, 0.05) is 44.9 Å². The van der Waals surface area contributed by atoms with Crippen LogP contribution in [0.1, 0.15) is 53.9 Å². The highest BCUT2D eigenvalue weighted by Crippen LogP contribution is 2.27. The van der Waals surface area contributed by atoms with Crippen LogP contribution in [0, 0.1) is 0 Å². The second-order valence-corrected chi connectivity index (χ2v) is 6.84. The van der Waals surface area contributed by atoms with E-state index in [0.29, 0.717) is 25.9 Å². The van der Waals surface area contributed by atoms with Crippen molar-refractivity contribution in [3.63, 3.8) is 0 Å². The van der Waals surface area contributed by atoms with Gasteiger partial charge in [-0.2, -0.15) is 0 Å². The smallest absolute Gasteiger partial charge is 0.335 e. The summed E-state index contributed by atoms with van der Waals surface area (Å²) in [6, 6.07) is 6.95. The van der Waals surface area contributed by atoms with Gasteiger partial charge in [0.2, 0.25) is 11.8 Å². The number of carbonyl (C=O) groups excluding carboxylic acids is 2. The van der Waals surface area contributed by atoms with Gasteiger partial charge in [0.25, 0.3) is 0 Å². The van der Waals surface area contributed by atoms with Crippen LogP contribution in [0.25, 0.3) is 0 Å². The first-order chi connectivity index (χ1) is 12.0. The Morgan fingerprint density at radius 2 is 1.88 bits per heavy atom. The van der Waals surface area contributed by atoms with Crippen molar-refractivity contribution in [3.8, 4) is 0 Å². The number of aromatic carboxylic acids is 1. The van der Waals surface area contributed by atoms with Gasteiger partial charge in [-0.3, -0.25) is 9.59 Å². The third kappa shape index (κ3) is 4.18. The molecule has 2 amide bonds. The summed E-state index contributed by atoms with van der Waals surface area (Å²) >= 11 is 0. The number of benzene rings is 1. The Morgan fingerprint density at radius 3 is 2.52 bits per heavy atom. The number of rotatable bonds is 5. The first-order valence-electron chi connectivity index (χ1n) is 8.93. The molecule has 1 N–H and O–H groups in total. The lowest BCUT2D eigenvalue weighted by Crippen LogP contribution is -2.40. The van der Waals surface area contributed by atoms with E-state index in [2.05, 4.69) is 0 Å². The molecule has 0 radical (unpaired) electrons. The van der Waals surface area contributed by atoms with E-state index < -0.39 is 5.97 Å². The topological polar surface area (TPSA) is 77.9 Å². The minimum absolute atomic E-state index is 0.103. The van der Waals surface area contributed by atoms with Gasteiger partial charge in [0.15, 0.2) is 0 Å². The zero-order valence-electron chi connectivity index (χ0n) is 14.3. The maximum Gasteiger partial charge on any atom is 0.335 e. The van der Waals surface area contributed by atoms with Crippen LogP contribution >= 0.6 is 0 Å².